The van der Waals surface area contributed by atoms with Crippen molar-refractivity contribution in [3.05, 3.63) is 66.0 Å². The summed E-state index contributed by atoms with van der Waals surface area (Å²) in [4.78, 5) is 30.0. The van der Waals surface area contributed by atoms with Crippen molar-refractivity contribution in [2.45, 2.75) is 43.0 Å². The first kappa shape index (κ1) is 23.6. The fraction of sp³-hybridized carbons (Fsp3) is 0.296. The number of nitrogens with zero attached hydrogens (tertiary/aromatic N) is 4. The molecule has 9 nitrogen and oxygen atoms in total. The lowest BCUT2D eigenvalue weighted by atomic mass is 10.1. The Balaban J connectivity index is 1.31. The van der Waals surface area contributed by atoms with Gasteiger partial charge in [-0.3, -0.25) is 4.79 Å². The lowest BCUT2D eigenvalue weighted by Crippen LogP contribution is -2.26. The van der Waals surface area contributed by atoms with Gasteiger partial charge >= 0.3 is 0 Å². The highest BCUT2D eigenvalue weighted by Gasteiger charge is 2.32. The van der Waals surface area contributed by atoms with Crippen molar-refractivity contribution >= 4 is 38.3 Å². The van der Waals surface area contributed by atoms with Gasteiger partial charge in [-0.2, -0.15) is 0 Å². The monoisotopic (exact) mass is 516 g/mol. The van der Waals surface area contributed by atoms with Gasteiger partial charge in [0, 0.05) is 42.1 Å². The number of carbonyl (C=O) groups is 1. The molecule has 3 N–H and O–H groups in total. The van der Waals surface area contributed by atoms with Crippen LogP contribution in [0, 0.1) is 0 Å². The van der Waals surface area contributed by atoms with Gasteiger partial charge in [-0.15, -0.1) is 0 Å². The van der Waals surface area contributed by atoms with Crippen LogP contribution in [0.1, 0.15) is 36.2 Å². The molecule has 10 heteroatoms. The Kier molecular flexibility index (Phi) is 5.54. The third-order valence-electron chi connectivity index (χ3n) is 7.23. The van der Waals surface area contributed by atoms with Gasteiger partial charge in [0.15, 0.2) is 15.5 Å². The van der Waals surface area contributed by atoms with Crippen molar-refractivity contribution in [3.8, 4) is 11.3 Å². The summed E-state index contributed by atoms with van der Waals surface area (Å²) in [7, 11) is -3.36. The van der Waals surface area contributed by atoms with E-state index in [9.17, 15) is 13.2 Å². The second kappa shape index (κ2) is 8.67. The number of rotatable bonds is 5. The highest BCUT2D eigenvalue weighted by molar-refractivity contribution is 7.92. The summed E-state index contributed by atoms with van der Waals surface area (Å²) >= 11 is 0. The summed E-state index contributed by atoms with van der Waals surface area (Å²) in [5.74, 6) is -0.0731. The molecule has 1 fully saturated rings. The standard InChI is InChI=1S/C27H28N6O3S/c1-16(2)37(35,36)21-6-3-17(4-7-21)23-12-29-26-25(31-23)24(13-30-26)33-14-18-11-20(5-8-22(18)27(33)34)32-10-9-19(28)15-32/h3-8,11-13,16,19H,9-10,14-15,28H2,1-2H3,(H,29,30)/t19-/m1/s1. The fourth-order valence-electron chi connectivity index (χ4n) is 5.03. The summed E-state index contributed by atoms with van der Waals surface area (Å²) in [5.41, 5.74) is 12.0. The average Bonchev–Trinajstić information content (AvgIpc) is 3.60. The van der Waals surface area contributed by atoms with Crippen molar-refractivity contribution in [1.29, 1.82) is 0 Å². The minimum Gasteiger partial charge on any atom is -0.370 e. The molecule has 6 rings (SSSR count). The van der Waals surface area contributed by atoms with E-state index >= 15 is 0 Å². The molecule has 0 aliphatic carbocycles. The van der Waals surface area contributed by atoms with Crippen LogP contribution in [0.25, 0.3) is 22.4 Å². The molecule has 37 heavy (non-hydrogen) atoms. The number of fused-ring (bicyclic) bond motifs is 2. The van der Waals surface area contributed by atoms with Crippen LogP contribution in [-0.4, -0.2) is 53.7 Å². The molecular formula is C27H28N6O3S. The first-order chi connectivity index (χ1) is 17.7. The maximum Gasteiger partial charge on any atom is 0.259 e. The molecule has 4 aromatic rings. The Morgan fingerprint density at radius 1 is 1.14 bits per heavy atom. The summed E-state index contributed by atoms with van der Waals surface area (Å²) in [6.45, 7) is 5.51. The lowest BCUT2D eigenvalue weighted by Gasteiger charge is -2.18. The molecule has 1 atom stereocenters. The third kappa shape index (κ3) is 3.96. The highest BCUT2D eigenvalue weighted by Crippen LogP contribution is 2.35. The molecule has 0 spiro atoms. The predicted molar refractivity (Wildman–Crippen MR) is 143 cm³/mol. The van der Waals surface area contributed by atoms with Gasteiger partial charge in [-0.25, -0.2) is 18.4 Å². The number of hydrogen-bond acceptors (Lipinski definition) is 7. The van der Waals surface area contributed by atoms with E-state index in [4.69, 9.17) is 10.7 Å². The topological polar surface area (TPSA) is 125 Å². The summed E-state index contributed by atoms with van der Waals surface area (Å²) < 4.78 is 24.9. The molecule has 2 aliphatic heterocycles. The van der Waals surface area contributed by atoms with Crippen LogP contribution < -0.4 is 15.5 Å². The number of benzene rings is 2. The number of anilines is 2. The molecule has 1 saturated heterocycles. The van der Waals surface area contributed by atoms with E-state index in [0.29, 0.717) is 34.7 Å². The van der Waals surface area contributed by atoms with Gasteiger partial charge in [0.25, 0.3) is 5.91 Å². The van der Waals surface area contributed by atoms with Gasteiger partial charge < -0.3 is 20.5 Å². The largest absolute Gasteiger partial charge is 0.370 e. The van der Waals surface area contributed by atoms with E-state index in [2.05, 4.69) is 20.9 Å². The zero-order valence-electron chi connectivity index (χ0n) is 20.7. The number of nitrogens with one attached hydrogen (secondary N) is 1. The number of sulfone groups is 1. The Labute approximate surface area is 215 Å². The van der Waals surface area contributed by atoms with Gasteiger partial charge in [0.1, 0.15) is 5.52 Å². The zero-order chi connectivity index (χ0) is 25.9. The normalized spacial score (nSPS) is 17.8. The molecular weight excluding hydrogens is 488 g/mol. The Morgan fingerprint density at radius 3 is 2.62 bits per heavy atom. The van der Waals surface area contributed by atoms with Crippen molar-refractivity contribution in [2.24, 2.45) is 5.73 Å². The van der Waals surface area contributed by atoms with Gasteiger partial charge in [-0.1, -0.05) is 12.1 Å². The van der Waals surface area contributed by atoms with Crippen molar-refractivity contribution in [2.75, 3.05) is 22.9 Å². The van der Waals surface area contributed by atoms with E-state index in [0.717, 1.165) is 36.3 Å². The van der Waals surface area contributed by atoms with Gasteiger partial charge in [-0.05, 0) is 56.2 Å². The quantitative estimate of drug-likeness (QED) is 0.416. The smallest absolute Gasteiger partial charge is 0.259 e. The van der Waals surface area contributed by atoms with E-state index < -0.39 is 15.1 Å². The van der Waals surface area contributed by atoms with E-state index in [1.165, 1.54) is 0 Å². The number of aromatic amines is 1. The predicted octanol–water partition coefficient (Wildman–Crippen LogP) is 3.50. The molecule has 1 amide bonds. The molecule has 190 valence electrons. The van der Waals surface area contributed by atoms with Gasteiger partial charge in [0.2, 0.25) is 0 Å². The van der Waals surface area contributed by atoms with Crippen molar-refractivity contribution in [1.82, 2.24) is 15.0 Å². The molecule has 0 bridgehead atoms. The van der Waals surface area contributed by atoms with Crippen LogP contribution >= 0.6 is 0 Å². The van der Waals surface area contributed by atoms with E-state index in [1.807, 2.05) is 12.1 Å². The lowest BCUT2D eigenvalue weighted by molar-refractivity contribution is 0.0997. The summed E-state index contributed by atoms with van der Waals surface area (Å²) in [6.07, 6.45) is 4.37. The molecule has 2 aromatic heterocycles. The van der Waals surface area contributed by atoms with Crippen LogP contribution in [-0.2, 0) is 16.4 Å². The Morgan fingerprint density at radius 2 is 1.92 bits per heavy atom. The minimum atomic E-state index is -3.36. The summed E-state index contributed by atoms with van der Waals surface area (Å²) in [6, 6.07) is 12.8. The van der Waals surface area contributed by atoms with E-state index in [1.54, 1.807) is 55.4 Å². The molecule has 4 heterocycles. The number of amides is 1. The van der Waals surface area contributed by atoms with Crippen LogP contribution in [0.3, 0.4) is 0 Å². The third-order valence-corrected chi connectivity index (χ3v) is 9.40. The van der Waals surface area contributed by atoms with Crippen molar-refractivity contribution in [3.63, 3.8) is 0 Å². The highest BCUT2D eigenvalue weighted by atomic mass is 32.2. The number of nitrogens with two attached hydrogens (primary N) is 1. The number of H-pyrrole nitrogens is 1. The maximum absolute atomic E-state index is 13.3. The van der Waals surface area contributed by atoms with Crippen LogP contribution in [0.15, 0.2) is 59.8 Å². The number of hydrogen-bond donors (Lipinski definition) is 2. The van der Waals surface area contributed by atoms with Crippen molar-refractivity contribution < 1.29 is 13.2 Å². The number of aromatic nitrogens is 3. The Hall–Kier alpha value is -3.76. The SMILES string of the molecule is CC(C)S(=O)(=O)c1ccc(-c2cnc3[nH]cc(N4Cc5cc(N6CC[C@@H](N)C6)ccc5C4=O)c3n2)cc1. The van der Waals surface area contributed by atoms with Crippen LogP contribution in [0.5, 0.6) is 0 Å². The maximum atomic E-state index is 13.3. The molecule has 0 unspecified atom stereocenters. The number of carbonyl (C=O) groups excluding carboxylic acids is 1. The van der Waals surface area contributed by atoms with Gasteiger partial charge in [0.05, 0.1) is 34.3 Å². The Bertz CT molecular complexity index is 1630. The molecule has 0 saturated carbocycles. The minimum absolute atomic E-state index is 0.0731. The zero-order valence-corrected chi connectivity index (χ0v) is 21.5. The van der Waals surface area contributed by atoms with Crippen LogP contribution in [0.4, 0.5) is 11.4 Å². The second-order valence-corrected chi connectivity index (χ2v) is 12.5. The second-order valence-electron chi connectivity index (χ2n) is 9.97. The first-order valence-corrected chi connectivity index (χ1v) is 13.9. The summed E-state index contributed by atoms with van der Waals surface area (Å²) in [5, 5.41) is -0.497. The molecule has 0 radical (unpaired) electrons. The first-order valence-electron chi connectivity index (χ1n) is 12.4. The molecule has 2 aromatic carbocycles. The fourth-order valence-corrected chi connectivity index (χ4v) is 6.09. The molecule has 2 aliphatic rings. The van der Waals surface area contributed by atoms with Crippen LogP contribution in [0.2, 0.25) is 0 Å². The average molecular weight is 517 g/mol. The van der Waals surface area contributed by atoms with E-state index in [-0.39, 0.29) is 16.8 Å².